The van der Waals surface area contributed by atoms with Crippen LogP contribution in [0.1, 0.15) is 9.67 Å². The lowest BCUT2D eigenvalue weighted by Crippen LogP contribution is -1.89. The van der Waals surface area contributed by atoms with Gasteiger partial charge in [0.15, 0.2) is 0 Å². The second-order valence-electron chi connectivity index (χ2n) is 2.20. The molecule has 2 rings (SSSR count). The van der Waals surface area contributed by atoms with Crippen LogP contribution in [0, 0.1) is 3.57 Å². The van der Waals surface area contributed by atoms with Crippen molar-refractivity contribution in [3.63, 3.8) is 0 Å². The molecule has 0 aliphatic carbocycles. The highest BCUT2D eigenvalue weighted by molar-refractivity contribution is 14.1. The Morgan fingerprint density at radius 2 is 2.33 bits per heavy atom. The van der Waals surface area contributed by atoms with Crippen molar-refractivity contribution < 1.29 is 9.90 Å². The maximum absolute atomic E-state index is 10.6. The molecule has 2 aromatic rings. The van der Waals surface area contributed by atoms with E-state index in [-0.39, 0.29) is 0 Å². The minimum absolute atomic E-state index is 0.426. The van der Waals surface area contributed by atoms with Gasteiger partial charge in [0.25, 0.3) is 0 Å². The third-order valence-electron chi connectivity index (χ3n) is 1.44. The van der Waals surface area contributed by atoms with E-state index in [1.54, 1.807) is 17.4 Å². The molecule has 0 unspecified atom stereocenters. The Labute approximate surface area is 90.0 Å². The van der Waals surface area contributed by atoms with Crippen LogP contribution in [0.3, 0.4) is 0 Å². The van der Waals surface area contributed by atoms with E-state index in [9.17, 15) is 4.79 Å². The topological polar surface area (TPSA) is 37.3 Å². The molecule has 1 N–H and O–H groups in total. The van der Waals surface area contributed by atoms with Gasteiger partial charge in [-0.25, -0.2) is 4.79 Å². The summed E-state index contributed by atoms with van der Waals surface area (Å²) >= 11 is 5.15. The molecule has 2 nitrogen and oxygen atoms in total. The summed E-state index contributed by atoms with van der Waals surface area (Å²) in [6.07, 6.45) is 0. The summed E-state index contributed by atoms with van der Waals surface area (Å²) < 4.78 is 2.23. The van der Waals surface area contributed by atoms with Crippen molar-refractivity contribution in [2.24, 2.45) is 0 Å². The monoisotopic (exact) mass is 310 g/mol. The van der Waals surface area contributed by atoms with Gasteiger partial charge >= 0.3 is 5.97 Å². The van der Waals surface area contributed by atoms with Crippen LogP contribution in [0.4, 0.5) is 0 Å². The Hall–Kier alpha value is -0.140. The fourth-order valence-electron chi connectivity index (χ4n) is 0.902. The molecule has 0 spiro atoms. The number of fused-ring (bicyclic) bond motifs is 1. The number of hydrogen-bond acceptors (Lipinski definition) is 3. The minimum atomic E-state index is -0.834. The molecule has 0 radical (unpaired) electrons. The van der Waals surface area contributed by atoms with E-state index in [0.29, 0.717) is 4.88 Å². The molecule has 0 saturated heterocycles. The lowest BCUT2D eigenvalue weighted by molar-refractivity contribution is 0.0702. The first kappa shape index (κ1) is 8.46. The molecule has 0 bridgehead atoms. The largest absolute Gasteiger partial charge is 0.477 e. The molecular weight excluding hydrogens is 307 g/mol. The van der Waals surface area contributed by atoms with Crippen LogP contribution in [-0.4, -0.2) is 11.1 Å². The summed E-state index contributed by atoms with van der Waals surface area (Å²) in [4.78, 5) is 11.0. The molecule has 0 saturated carbocycles. The molecular formula is C7H3IO2S2. The summed E-state index contributed by atoms with van der Waals surface area (Å²) in [6, 6.07) is 1.74. The smallest absolute Gasteiger partial charge is 0.345 e. The quantitative estimate of drug-likeness (QED) is 0.821. The number of hydrogen-bond donors (Lipinski definition) is 1. The van der Waals surface area contributed by atoms with Crippen LogP contribution in [0.5, 0.6) is 0 Å². The lowest BCUT2D eigenvalue weighted by Gasteiger charge is -1.81. The lowest BCUT2D eigenvalue weighted by atomic mass is 10.4. The average molecular weight is 310 g/mol. The zero-order valence-corrected chi connectivity index (χ0v) is 9.50. The predicted octanol–water partition coefficient (Wildman–Crippen LogP) is 3.27. The van der Waals surface area contributed by atoms with Crippen molar-refractivity contribution in [3.8, 4) is 0 Å². The van der Waals surface area contributed by atoms with E-state index in [1.165, 1.54) is 11.3 Å². The number of carbonyl (C=O) groups is 1. The van der Waals surface area contributed by atoms with E-state index in [2.05, 4.69) is 22.6 Å². The van der Waals surface area contributed by atoms with Gasteiger partial charge < -0.3 is 5.11 Å². The zero-order chi connectivity index (χ0) is 8.72. The number of aromatic carboxylic acids is 1. The summed E-state index contributed by atoms with van der Waals surface area (Å²) in [5.41, 5.74) is 0. The first-order valence-corrected chi connectivity index (χ1v) is 5.86. The van der Waals surface area contributed by atoms with Gasteiger partial charge in [-0.1, -0.05) is 0 Å². The molecule has 5 heteroatoms. The number of carboxylic acid groups (broad SMARTS) is 1. The fraction of sp³-hybridized carbons (Fsp3) is 0. The Morgan fingerprint density at radius 1 is 1.58 bits per heavy atom. The molecule has 0 aliphatic rings. The number of carboxylic acids is 1. The molecule has 0 fully saturated rings. The molecule has 62 valence electrons. The average Bonchev–Trinajstić information content (AvgIpc) is 2.53. The molecule has 12 heavy (non-hydrogen) atoms. The highest BCUT2D eigenvalue weighted by atomic mass is 127. The molecule has 0 amide bonds. The highest BCUT2D eigenvalue weighted by Gasteiger charge is 2.11. The van der Waals surface area contributed by atoms with Gasteiger partial charge in [0.1, 0.15) is 4.88 Å². The Bertz CT molecular complexity index is 443. The number of halogens is 1. The Balaban J connectivity index is 2.70. The van der Waals surface area contributed by atoms with Crippen molar-refractivity contribution in [1.29, 1.82) is 0 Å². The SMILES string of the molecule is O=C(O)c1cc2c(I)csc2s1. The van der Waals surface area contributed by atoms with Crippen LogP contribution < -0.4 is 0 Å². The minimum Gasteiger partial charge on any atom is -0.477 e. The maximum atomic E-state index is 10.6. The molecule has 2 aromatic heterocycles. The second-order valence-corrected chi connectivity index (χ2v) is 5.55. The normalized spacial score (nSPS) is 10.8. The third-order valence-corrected chi connectivity index (χ3v) is 4.99. The molecule has 2 heterocycles. The van der Waals surface area contributed by atoms with Gasteiger partial charge in [-0.3, -0.25) is 0 Å². The second kappa shape index (κ2) is 2.97. The molecule has 0 aliphatic heterocycles. The van der Waals surface area contributed by atoms with Crippen LogP contribution in [0.25, 0.3) is 9.40 Å². The van der Waals surface area contributed by atoms with Crippen molar-refractivity contribution in [1.82, 2.24) is 0 Å². The summed E-state index contributed by atoms with van der Waals surface area (Å²) in [5.74, 6) is -0.834. The van der Waals surface area contributed by atoms with Gasteiger partial charge in [0.05, 0.1) is 4.01 Å². The van der Waals surface area contributed by atoms with Gasteiger partial charge in [0, 0.05) is 14.3 Å². The van der Waals surface area contributed by atoms with Crippen LogP contribution in [0.15, 0.2) is 11.4 Å². The Kier molecular flexibility index (Phi) is 2.09. The zero-order valence-electron chi connectivity index (χ0n) is 5.70. The van der Waals surface area contributed by atoms with E-state index in [4.69, 9.17) is 5.11 Å². The van der Waals surface area contributed by atoms with Crippen molar-refractivity contribution in [2.45, 2.75) is 0 Å². The van der Waals surface area contributed by atoms with Gasteiger partial charge in [0.2, 0.25) is 0 Å². The number of rotatable bonds is 1. The standard InChI is InChI=1S/C7H3IO2S2/c8-4-2-11-7-3(4)1-5(12-7)6(9)10/h1-2H,(H,9,10). The number of thiophene rings is 2. The predicted molar refractivity (Wildman–Crippen MR) is 59.4 cm³/mol. The third kappa shape index (κ3) is 1.25. The first-order valence-electron chi connectivity index (χ1n) is 3.08. The van der Waals surface area contributed by atoms with Gasteiger partial charge in [-0.2, -0.15) is 0 Å². The summed E-state index contributed by atoms with van der Waals surface area (Å²) in [5, 5.41) is 11.8. The fourth-order valence-corrected chi connectivity index (χ4v) is 4.06. The molecule has 0 atom stereocenters. The van der Waals surface area contributed by atoms with Crippen molar-refractivity contribution >= 4 is 60.6 Å². The highest BCUT2D eigenvalue weighted by Crippen LogP contribution is 2.34. The molecule has 0 aromatic carbocycles. The Morgan fingerprint density at radius 3 is 2.92 bits per heavy atom. The van der Waals surface area contributed by atoms with E-state index < -0.39 is 5.97 Å². The van der Waals surface area contributed by atoms with E-state index >= 15 is 0 Å². The van der Waals surface area contributed by atoms with E-state index in [0.717, 1.165) is 13.0 Å². The van der Waals surface area contributed by atoms with Crippen molar-refractivity contribution in [2.75, 3.05) is 0 Å². The van der Waals surface area contributed by atoms with Crippen LogP contribution in [0.2, 0.25) is 0 Å². The maximum Gasteiger partial charge on any atom is 0.345 e. The van der Waals surface area contributed by atoms with Gasteiger partial charge in [-0.05, 0) is 28.7 Å². The summed E-state index contributed by atoms with van der Waals surface area (Å²) in [7, 11) is 0. The van der Waals surface area contributed by atoms with Crippen LogP contribution >= 0.6 is 45.3 Å². The van der Waals surface area contributed by atoms with Gasteiger partial charge in [-0.15, -0.1) is 22.7 Å². The first-order chi connectivity index (χ1) is 5.68. The van der Waals surface area contributed by atoms with Crippen molar-refractivity contribution in [3.05, 3.63) is 19.9 Å². The summed E-state index contributed by atoms with van der Waals surface area (Å²) in [6.45, 7) is 0. The van der Waals surface area contributed by atoms with E-state index in [1.807, 2.05) is 5.38 Å². The van der Waals surface area contributed by atoms with Crippen LogP contribution in [-0.2, 0) is 0 Å².